The summed E-state index contributed by atoms with van der Waals surface area (Å²) in [6, 6.07) is 9.65. The second-order valence-electron chi connectivity index (χ2n) is 5.25. The van der Waals surface area contributed by atoms with Crippen LogP contribution in [0.2, 0.25) is 0 Å². The fraction of sp³-hybridized carbons (Fsp3) is 0.368. The summed E-state index contributed by atoms with van der Waals surface area (Å²) in [5.74, 6) is -2.82. The first kappa shape index (κ1) is 20.3. The Morgan fingerprint density at radius 2 is 1.68 bits per heavy atom. The smallest absolute Gasteiger partial charge is 0.382 e. The first-order chi connectivity index (χ1) is 12.1. The molecule has 0 aliphatic carbocycles. The second kappa shape index (κ2) is 11.7. The Hall–Kier alpha value is -2.76. The Balaban J connectivity index is 2.55. The van der Waals surface area contributed by atoms with Gasteiger partial charge in [-0.05, 0) is 18.1 Å². The number of ether oxygens (including phenoxy) is 1. The Morgan fingerprint density at radius 1 is 1.00 bits per heavy atom. The van der Waals surface area contributed by atoms with Crippen LogP contribution in [0.4, 0.5) is 0 Å². The minimum absolute atomic E-state index is 0.0201. The van der Waals surface area contributed by atoms with Gasteiger partial charge in [0.1, 0.15) is 6.61 Å². The van der Waals surface area contributed by atoms with Gasteiger partial charge in [-0.25, -0.2) is 9.59 Å². The second-order valence-corrected chi connectivity index (χ2v) is 5.25. The van der Waals surface area contributed by atoms with Crippen LogP contribution in [-0.4, -0.2) is 30.0 Å². The molecule has 0 spiro atoms. The maximum Gasteiger partial charge on any atom is 0.382 e. The van der Waals surface area contributed by atoms with E-state index in [4.69, 9.17) is 4.84 Å². The summed E-state index contributed by atoms with van der Waals surface area (Å²) in [4.78, 5) is 39.9. The number of nitrogens with zero attached hydrogens (tertiary/aromatic N) is 1. The molecule has 0 saturated carbocycles. The van der Waals surface area contributed by atoms with Gasteiger partial charge in [0.25, 0.3) is 0 Å². The minimum atomic E-state index is -1.15. The first-order valence-corrected chi connectivity index (χ1v) is 8.28. The molecule has 0 radical (unpaired) electrons. The number of esters is 2. The van der Waals surface area contributed by atoms with Gasteiger partial charge in [-0.1, -0.05) is 61.8 Å². The molecule has 0 saturated heterocycles. The van der Waals surface area contributed by atoms with Crippen molar-refractivity contribution in [3.63, 3.8) is 0 Å². The Labute approximate surface area is 147 Å². The van der Waals surface area contributed by atoms with Crippen molar-refractivity contribution in [1.29, 1.82) is 0 Å². The van der Waals surface area contributed by atoms with Crippen molar-refractivity contribution in [2.24, 2.45) is 5.16 Å². The quantitative estimate of drug-likeness (QED) is 0.162. The summed E-state index contributed by atoms with van der Waals surface area (Å²) in [6.07, 6.45) is 5.08. The Kier molecular flexibility index (Phi) is 9.51. The van der Waals surface area contributed by atoms with Crippen LogP contribution in [0.1, 0.15) is 45.1 Å². The zero-order chi connectivity index (χ0) is 18.5. The van der Waals surface area contributed by atoms with Crippen molar-refractivity contribution in [1.82, 2.24) is 0 Å². The molecule has 0 unspecified atom stereocenters. The highest BCUT2D eigenvalue weighted by molar-refractivity contribution is 6.43. The molecule has 0 aromatic heterocycles. The molecule has 0 N–H and O–H groups in total. The van der Waals surface area contributed by atoms with Crippen molar-refractivity contribution in [3.8, 4) is 0 Å². The summed E-state index contributed by atoms with van der Waals surface area (Å²) in [6.45, 7) is 3.77. The number of hydrogen-bond donors (Lipinski definition) is 0. The first-order valence-electron chi connectivity index (χ1n) is 8.28. The topological polar surface area (TPSA) is 82.0 Å². The molecule has 6 heteroatoms. The SMILES string of the molecule is CCCC(=O)C(=O)OC(=O)C(CCC)=NOC/C=C/c1ccccc1. The molecule has 0 amide bonds. The molecule has 0 bridgehead atoms. The average Bonchev–Trinajstić information content (AvgIpc) is 2.61. The van der Waals surface area contributed by atoms with Gasteiger partial charge in [-0.15, -0.1) is 0 Å². The van der Waals surface area contributed by atoms with Gasteiger partial charge in [0.2, 0.25) is 5.78 Å². The van der Waals surface area contributed by atoms with Crippen LogP contribution in [0.15, 0.2) is 41.6 Å². The highest BCUT2D eigenvalue weighted by atomic mass is 16.6. The lowest BCUT2D eigenvalue weighted by Crippen LogP contribution is -2.26. The molecule has 1 rings (SSSR count). The number of hydrogen-bond acceptors (Lipinski definition) is 6. The van der Waals surface area contributed by atoms with Crippen LogP contribution in [0.3, 0.4) is 0 Å². The zero-order valence-corrected chi connectivity index (χ0v) is 14.6. The number of ketones is 1. The van der Waals surface area contributed by atoms with Crippen molar-refractivity contribution < 1.29 is 24.0 Å². The summed E-state index contributed by atoms with van der Waals surface area (Å²) >= 11 is 0. The predicted molar refractivity (Wildman–Crippen MR) is 94.8 cm³/mol. The zero-order valence-electron chi connectivity index (χ0n) is 14.6. The summed E-state index contributed by atoms with van der Waals surface area (Å²) in [5.41, 5.74) is 0.997. The maximum absolute atomic E-state index is 11.9. The van der Waals surface area contributed by atoms with Crippen LogP contribution in [0, 0.1) is 0 Å². The molecule has 0 aliphatic rings. The third-order valence-electron chi connectivity index (χ3n) is 3.07. The molecule has 1 aromatic carbocycles. The van der Waals surface area contributed by atoms with E-state index in [2.05, 4.69) is 9.89 Å². The standard InChI is InChI=1S/C19H23NO5/c1-3-9-16(18(22)25-19(23)17(21)10-4-2)20-24-14-8-13-15-11-6-5-7-12-15/h5-8,11-13H,3-4,9-10,14H2,1-2H3/b13-8+,20-16?. The number of Topliss-reactive ketones (excluding diaryl/α,β-unsaturated/α-hetero) is 1. The predicted octanol–water partition coefficient (Wildman–Crippen LogP) is 3.31. The van der Waals surface area contributed by atoms with E-state index in [0.29, 0.717) is 12.8 Å². The molecule has 1 aromatic rings. The van der Waals surface area contributed by atoms with Crippen molar-refractivity contribution in [3.05, 3.63) is 42.0 Å². The van der Waals surface area contributed by atoms with E-state index in [1.807, 2.05) is 43.3 Å². The summed E-state index contributed by atoms with van der Waals surface area (Å²) < 4.78 is 4.55. The lowest BCUT2D eigenvalue weighted by Gasteiger charge is -2.04. The van der Waals surface area contributed by atoms with Gasteiger partial charge in [0.05, 0.1) is 0 Å². The van der Waals surface area contributed by atoms with Gasteiger partial charge >= 0.3 is 11.9 Å². The van der Waals surface area contributed by atoms with Gasteiger partial charge < -0.3 is 9.57 Å². The van der Waals surface area contributed by atoms with E-state index >= 15 is 0 Å². The molecule has 0 atom stereocenters. The maximum atomic E-state index is 11.9. The highest BCUT2D eigenvalue weighted by Gasteiger charge is 2.22. The van der Waals surface area contributed by atoms with Gasteiger partial charge in [0, 0.05) is 12.8 Å². The molecule has 25 heavy (non-hydrogen) atoms. The van der Waals surface area contributed by atoms with Gasteiger partial charge in [0.15, 0.2) is 5.71 Å². The molecule has 6 nitrogen and oxygen atoms in total. The van der Waals surface area contributed by atoms with Crippen LogP contribution in [0.25, 0.3) is 6.08 Å². The number of rotatable bonds is 10. The van der Waals surface area contributed by atoms with Crippen LogP contribution >= 0.6 is 0 Å². The third kappa shape index (κ3) is 8.06. The lowest BCUT2D eigenvalue weighted by molar-refractivity contribution is -0.160. The molecule has 0 heterocycles. The largest absolute Gasteiger partial charge is 0.391 e. The highest BCUT2D eigenvalue weighted by Crippen LogP contribution is 2.02. The minimum Gasteiger partial charge on any atom is -0.391 e. The number of carbonyl (C=O) groups excluding carboxylic acids is 3. The van der Waals surface area contributed by atoms with E-state index < -0.39 is 17.7 Å². The molecular formula is C19H23NO5. The van der Waals surface area contributed by atoms with Crippen LogP contribution in [-0.2, 0) is 24.0 Å². The molecule has 0 fully saturated rings. The molecule has 134 valence electrons. The molecular weight excluding hydrogens is 322 g/mol. The Morgan fingerprint density at radius 3 is 2.32 bits per heavy atom. The van der Waals surface area contributed by atoms with E-state index in [1.54, 1.807) is 13.0 Å². The number of oxime groups is 1. The summed E-state index contributed by atoms with van der Waals surface area (Å²) in [7, 11) is 0. The van der Waals surface area contributed by atoms with Crippen molar-refractivity contribution >= 4 is 29.5 Å². The van der Waals surface area contributed by atoms with Crippen molar-refractivity contribution in [2.75, 3.05) is 6.61 Å². The number of carbonyl (C=O) groups is 3. The fourth-order valence-corrected chi connectivity index (χ4v) is 1.86. The van der Waals surface area contributed by atoms with Crippen molar-refractivity contribution in [2.45, 2.75) is 39.5 Å². The number of benzene rings is 1. The average molecular weight is 345 g/mol. The normalized spacial score (nSPS) is 11.4. The Bertz CT molecular complexity index is 634. The monoisotopic (exact) mass is 345 g/mol. The lowest BCUT2D eigenvalue weighted by atomic mass is 10.2. The third-order valence-corrected chi connectivity index (χ3v) is 3.07. The van der Waals surface area contributed by atoms with E-state index in [-0.39, 0.29) is 25.2 Å². The van der Waals surface area contributed by atoms with E-state index in [9.17, 15) is 14.4 Å². The van der Waals surface area contributed by atoms with Crippen LogP contribution < -0.4 is 0 Å². The van der Waals surface area contributed by atoms with E-state index in [1.165, 1.54) is 0 Å². The fourth-order valence-electron chi connectivity index (χ4n) is 1.86. The summed E-state index contributed by atoms with van der Waals surface area (Å²) in [5, 5.41) is 3.73. The van der Waals surface area contributed by atoms with Crippen LogP contribution in [0.5, 0.6) is 0 Å². The molecule has 0 aliphatic heterocycles. The van der Waals surface area contributed by atoms with Gasteiger partial charge in [-0.3, -0.25) is 4.79 Å². The van der Waals surface area contributed by atoms with E-state index in [0.717, 1.165) is 5.56 Å². The van der Waals surface area contributed by atoms with Gasteiger partial charge in [-0.2, -0.15) is 0 Å².